The van der Waals surface area contributed by atoms with Crippen LogP contribution in [0.4, 0.5) is 0 Å². The normalized spacial score (nSPS) is 29.3. The molecular weight excluding hydrogens is 304 g/mol. The lowest BCUT2D eigenvalue weighted by Crippen LogP contribution is -2.45. The third-order valence-corrected chi connectivity index (χ3v) is 7.37. The molecule has 1 atom stereocenters. The van der Waals surface area contributed by atoms with Crippen molar-refractivity contribution in [1.82, 2.24) is 9.21 Å². The molecule has 3 saturated heterocycles. The Balaban J connectivity index is 1.85. The van der Waals surface area contributed by atoms with Crippen LogP contribution in [0.3, 0.4) is 0 Å². The SMILES string of the molecule is CCS(=O)(=O)N1C[C@@H](C(=O)N2CCCC2)C2(CCOCC2)C1. The monoisotopic (exact) mass is 330 g/mol. The fourth-order valence-corrected chi connectivity index (χ4v) is 5.30. The van der Waals surface area contributed by atoms with Crippen LogP contribution in [0.5, 0.6) is 0 Å². The van der Waals surface area contributed by atoms with Crippen molar-refractivity contribution in [3.05, 3.63) is 0 Å². The molecule has 126 valence electrons. The second-order valence-corrected chi connectivity index (χ2v) is 9.01. The lowest BCUT2D eigenvalue weighted by atomic mass is 9.71. The molecule has 3 rings (SSSR count). The second-order valence-electron chi connectivity index (χ2n) is 6.75. The molecule has 3 aliphatic heterocycles. The minimum absolute atomic E-state index is 0.101. The Hall–Kier alpha value is -0.660. The van der Waals surface area contributed by atoms with E-state index in [1.165, 1.54) is 0 Å². The minimum Gasteiger partial charge on any atom is -0.381 e. The number of amides is 1. The number of sulfonamides is 1. The van der Waals surface area contributed by atoms with Crippen molar-refractivity contribution < 1.29 is 17.9 Å². The molecule has 1 amide bonds. The van der Waals surface area contributed by atoms with E-state index in [-0.39, 0.29) is 23.0 Å². The van der Waals surface area contributed by atoms with Gasteiger partial charge in [-0.05, 0) is 32.6 Å². The van der Waals surface area contributed by atoms with Gasteiger partial charge in [-0.15, -0.1) is 0 Å². The zero-order chi connectivity index (χ0) is 15.8. The summed E-state index contributed by atoms with van der Waals surface area (Å²) in [5, 5.41) is 0. The molecule has 3 aliphatic rings. The largest absolute Gasteiger partial charge is 0.381 e. The lowest BCUT2D eigenvalue weighted by Gasteiger charge is -2.38. The van der Waals surface area contributed by atoms with E-state index in [9.17, 15) is 13.2 Å². The quantitative estimate of drug-likeness (QED) is 0.763. The van der Waals surface area contributed by atoms with Gasteiger partial charge in [0.25, 0.3) is 0 Å². The summed E-state index contributed by atoms with van der Waals surface area (Å²) in [4.78, 5) is 14.9. The van der Waals surface area contributed by atoms with Crippen LogP contribution in [0.15, 0.2) is 0 Å². The number of carbonyl (C=O) groups is 1. The molecule has 0 N–H and O–H groups in total. The van der Waals surface area contributed by atoms with E-state index in [1.54, 1.807) is 11.2 Å². The smallest absolute Gasteiger partial charge is 0.227 e. The van der Waals surface area contributed by atoms with Crippen molar-refractivity contribution >= 4 is 15.9 Å². The molecule has 0 aliphatic carbocycles. The van der Waals surface area contributed by atoms with Gasteiger partial charge in [0.2, 0.25) is 15.9 Å². The number of carbonyl (C=O) groups excluding carboxylic acids is 1. The van der Waals surface area contributed by atoms with Gasteiger partial charge in [0, 0.05) is 44.8 Å². The molecule has 0 aromatic rings. The molecule has 3 fully saturated rings. The van der Waals surface area contributed by atoms with Crippen molar-refractivity contribution in [3.8, 4) is 0 Å². The van der Waals surface area contributed by atoms with Crippen LogP contribution in [0, 0.1) is 11.3 Å². The number of hydrogen-bond acceptors (Lipinski definition) is 4. The van der Waals surface area contributed by atoms with E-state index in [2.05, 4.69) is 0 Å². The van der Waals surface area contributed by atoms with Crippen LogP contribution in [-0.2, 0) is 19.6 Å². The van der Waals surface area contributed by atoms with Crippen LogP contribution >= 0.6 is 0 Å². The highest BCUT2D eigenvalue weighted by Crippen LogP contribution is 2.46. The van der Waals surface area contributed by atoms with Gasteiger partial charge in [0.05, 0.1) is 11.7 Å². The second kappa shape index (κ2) is 6.09. The molecule has 0 aromatic heterocycles. The number of hydrogen-bond donors (Lipinski definition) is 0. The first-order valence-electron chi connectivity index (χ1n) is 8.33. The summed E-state index contributed by atoms with van der Waals surface area (Å²) >= 11 is 0. The molecule has 0 aromatic carbocycles. The van der Waals surface area contributed by atoms with E-state index < -0.39 is 10.0 Å². The maximum Gasteiger partial charge on any atom is 0.227 e. The number of likely N-dealkylation sites (tertiary alicyclic amines) is 1. The highest BCUT2D eigenvalue weighted by Gasteiger charge is 2.53. The summed E-state index contributed by atoms with van der Waals surface area (Å²) in [5.74, 6) is 0.0635. The Labute approximate surface area is 132 Å². The van der Waals surface area contributed by atoms with Gasteiger partial charge >= 0.3 is 0 Å². The van der Waals surface area contributed by atoms with E-state index >= 15 is 0 Å². The third kappa shape index (κ3) is 2.78. The summed E-state index contributed by atoms with van der Waals surface area (Å²) in [7, 11) is -3.24. The molecule has 22 heavy (non-hydrogen) atoms. The van der Waals surface area contributed by atoms with E-state index in [0.29, 0.717) is 26.3 Å². The Bertz CT molecular complexity index is 522. The summed E-state index contributed by atoms with van der Waals surface area (Å²) in [6.07, 6.45) is 3.69. The first kappa shape index (κ1) is 16.2. The maximum absolute atomic E-state index is 12.9. The summed E-state index contributed by atoms with van der Waals surface area (Å²) < 4.78 is 31.6. The van der Waals surface area contributed by atoms with Gasteiger partial charge < -0.3 is 9.64 Å². The highest BCUT2D eigenvalue weighted by atomic mass is 32.2. The van der Waals surface area contributed by atoms with Gasteiger partial charge in [-0.1, -0.05) is 0 Å². The molecule has 0 radical (unpaired) electrons. The average molecular weight is 330 g/mol. The fourth-order valence-electron chi connectivity index (χ4n) is 4.10. The first-order valence-corrected chi connectivity index (χ1v) is 9.94. The van der Waals surface area contributed by atoms with Gasteiger partial charge in [0.15, 0.2) is 0 Å². The zero-order valence-corrected chi connectivity index (χ0v) is 14.1. The van der Waals surface area contributed by atoms with Gasteiger partial charge in [-0.25, -0.2) is 12.7 Å². The summed E-state index contributed by atoms with van der Waals surface area (Å²) in [6, 6.07) is 0. The van der Waals surface area contributed by atoms with Crippen LogP contribution in [0.2, 0.25) is 0 Å². The van der Waals surface area contributed by atoms with Crippen molar-refractivity contribution in [3.63, 3.8) is 0 Å². The molecular formula is C15H26N2O4S. The standard InChI is InChI=1S/C15H26N2O4S/c1-2-22(19,20)17-11-13(14(18)16-7-3-4-8-16)15(12-17)5-9-21-10-6-15/h13H,2-12H2,1H3/t13-/m0/s1. The van der Waals surface area contributed by atoms with Crippen LogP contribution in [-0.4, -0.2) is 68.7 Å². The average Bonchev–Trinajstić information content (AvgIpc) is 3.16. The summed E-state index contributed by atoms with van der Waals surface area (Å²) in [6.45, 7) is 5.41. The van der Waals surface area contributed by atoms with Crippen molar-refractivity contribution in [2.24, 2.45) is 11.3 Å². The zero-order valence-electron chi connectivity index (χ0n) is 13.3. The highest BCUT2D eigenvalue weighted by molar-refractivity contribution is 7.89. The molecule has 0 unspecified atom stereocenters. The molecule has 3 heterocycles. The Kier molecular flexibility index (Phi) is 4.49. The molecule has 6 nitrogen and oxygen atoms in total. The maximum atomic E-state index is 12.9. The van der Waals surface area contributed by atoms with Crippen molar-refractivity contribution in [2.45, 2.75) is 32.6 Å². The van der Waals surface area contributed by atoms with Crippen LogP contribution in [0.25, 0.3) is 0 Å². The van der Waals surface area contributed by atoms with E-state index in [0.717, 1.165) is 38.8 Å². The number of ether oxygens (including phenoxy) is 1. The van der Waals surface area contributed by atoms with Gasteiger partial charge in [0.1, 0.15) is 0 Å². The Morgan fingerprint density at radius 2 is 1.86 bits per heavy atom. The minimum atomic E-state index is -3.24. The molecule has 7 heteroatoms. The predicted molar refractivity (Wildman–Crippen MR) is 82.8 cm³/mol. The molecule has 1 spiro atoms. The van der Waals surface area contributed by atoms with Gasteiger partial charge in [-0.2, -0.15) is 0 Å². The molecule has 0 bridgehead atoms. The number of nitrogens with zero attached hydrogens (tertiary/aromatic N) is 2. The predicted octanol–water partition coefficient (Wildman–Crippen LogP) is 0.687. The van der Waals surface area contributed by atoms with E-state index in [4.69, 9.17) is 4.74 Å². The first-order chi connectivity index (χ1) is 10.5. The van der Waals surface area contributed by atoms with Crippen LogP contribution < -0.4 is 0 Å². The fraction of sp³-hybridized carbons (Fsp3) is 0.933. The van der Waals surface area contributed by atoms with Crippen molar-refractivity contribution in [2.75, 3.05) is 45.1 Å². The molecule has 0 saturated carbocycles. The summed E-state index contributed by atoms with van der Waals surface area (Å²) in [5.41, 5.74) is -0.222. The topological polar surface area (TPSA) is 66.9 Å². The van der Waals surface area contributed by atoms with Crippen molar-refractivity contribution in [1.29, 1.82) is 0 Å². The van der Waals surface area contributed by atoms with Gasteiger partial charge in [-0.3, -0.25) is 4.79 Å². The Morgan fingerprint density at radius 3 is 2.45 bits per heavy atom. The third-order valence-electron chi connectivity index (χ3n) is 5.58. The van der Waals surface area contributed by atoms with Crippen LogP contribution in [0.1, 0.15) is 32.6 Å². The van der Waals surface area contributed by atoms with E-state index in [1.807, 2.05) is 4.90 Å². The lowest BCUT2D eigenvalue weighted by molar-refractivity contribution is -0.139. The number of rotatable bonds is 3. The Morgan fingerprint density at radius 1 is 1.23 bits per heavy atom.